The van der Waals surface area contributed by atoms with Gasteiger partial charge in [-0.25, -0.2) is 0 Å². The number of nitriles is 1. The van der Waals surface area contributed by atoms with Crippen LogP contribution < -0.4 is 0 Å². The Hall–Kier alpha value is -2.28. The first-order valence-electron chi connectivity index (χ1n) is 7.08. The Morgan fingerprint density at radius 2 is 1.50 bits per heavy atom. The minimum atomic E-state index is -4.27. The van der Waals surface area contributed by atoms with Crippen molar-refractivity contribution < 1.29 is 13.2 Å². The maximum atomic E-state index is 13.0. The number of halogens is 3. The van der Waals surface area contributed by atoms with Gasteiger partial charge in [-0.1, -0.05) is 54.6 Å². The van der Waals surface area contributed by atoms with E-state index in [1.54, 1.807) is 18.2 Å². The molecule has 22 heavy (non-hydrogen) atoms. The Labute approximate surface area is 128 Å². The molecule has 2 rings (SSSR count). The molecule has 0 aromatic heterocycles. The fourth-order valence-electron chi connectivity index (χ4n) is 2.37. The minimum Gasteiger partial charge on any atom is -0.198 e. The molecule has 0 aliphatic carbocycles. The smallest absolute Gasteiger partial charge is 0.198 e. The van der Waals surface area contributed by atoms with Crippen LogP contribution in [0.25, 0.3) is 11.1 Å². The largest absolute Gasteiger partial charge is 0.392 e. The van der Waals surface area contributed by atoms with E-state index in [0.29, 0.717) is 5.56 Å². The first-order chi connectivity index (χ1) is 10.5. The van der Waals surface area contributed by atoms with Gasteiger partial charge < -0.3 is 0 Å². The molecule has 0 N–H and O–H groups in total. The normalized spacial score (nSPS) is 12.6. The van der Waals surface area contributed by atoms with E-state index in [-0.39, 0.29) is 19.3 Å². The quantitative estimate of drug-likeness (QED) is 0.727. The standard InChI is InChI=1S/C18H16F3N/c19-18(20,21)17(7-4-12-22)13-14-8-10-16(11-9-14)15-5-2-1-3-6-15/h1-3,5-6,8-11,17H,4,7,13H2. The molecule has 0 saturated carbocycles. The lowest BCUT2D eigenvalue weighted by Gasteiger charge is -2.19. The molecule has 0 radical (unpaired) electrons. The first-order valence-corrected chi connectivity index (χ1v) is 7.08. The summed E-state index contributed by atoms with van der Waals surface area (Å²) in [6, 6.07) is 18.6. The highest BCUT2D eigenvalue weighted by Gasteiger charge is 2.38. The van der Waals surface area contributed by atoms with E-state index in [1.165, 1.54) is 0 Å². The fourth-order valence-corrected chi connectivity index (χ4v) is 2.37. The number of hydrogen-bond donors (Lipinski definition) is 0. The summed E-state index contributed by atoms with van der Waals surface area (Å²) in [6.45, 7) is 0. The summed E-state index contributed by atoms with van der Waals surface area (Å²) in [4.78, 5) is 0. The average molecular weight is 303 g/mol. The van der Waals surface area contributed by atoms with Crippen LogP contribution in [-0.4, -0.2) is 6.18 Å². The van der Waals surface area contributed by atoms with Gasteiger partial charge in [-0.2, -0.15) is 18.4 Å². The summed E-state index contributed by atoms with van der Waals surface area (Å²) < 4.78 is 38.9. The van der Waals surface area contributed by atoms with Gasteiger partial charge in [0.2, 0.25) is 0 Å². The van der Waals surface area contributed by atoms with Gasteiger partial charge in [0.1, 0.15) is 0 Å². The van der Waals surface area contributed by atoms with E-state index in [1.807, 2.05) is 42.5 Å². The third kappa shape index (κ3) is 4.36. The van der Waals surface area contributed by atoms with E-state index in [9.17, 15) is 13.2 Å². The van der Waals surface area contributed by atoms with E-state index in [0.717, 1.165) is 11.1 Å². The van der Waals surface area contributed by atoms with Crippen LogP contribution in [0.15, 0.2) is 54.6 Å². The Kier molecular flexibility index (Phi) is 5.21. The molecule has 4 heteroatoms. The maximum Gasteiger partial charge on any atom is 0.392 e. The molecular weight excluding hydrogens is 287 g/mol. The summed E-state index contributed by atoms with van der Waals surface area (Å²) in [6.07, 6.45) is -4.58. The lowest BCUT2D eigenvalue weighted by molar-refractivity contribution is -0.175. The third-order valence-corrected chi connectivity index (χ3v) is 3.61. The summed E-state index contributed by atoms with van der Waals surface area (Å²) >= 11 is 0. The second-order valence-corrected chi connectivity index (χ2v) is 5.20. The second kappa shape index (κ2) is 7.13. The Balaban J connectivity index is 2.11. The summed E-state index contributed by atoms with van der Waals surface area (Å²) in [7, 11) is 0. The zero-order valence-electron chi connectivity index (χ0n) is 12.0. The molecule has 0 aliphatic rings. The lowest BCUT2D eigenvalue weighted by Crippen LogP contribution is -2.25. The van der Waals surface area contributed by atoms with Crippen molar-refractivity contribution in [1.82, 2.24) is 0 Å². The lowest BCUT2D eigenvalue weighted by atomic mass is 9.93. The van der Waals surface area contributed by atoms with Crippen LogP contribution in [0.2, 0.25) is 0 Å². The highest BCUT2D eigenvalue weighted by molar-refractivity contribution is 5.63. The highest BCUT2D eigenvalue weighted by Crippen LogP contribution is 2.33. The first kappa shape index (κ1) is 16.1. The molecule has 0 spiro atoms. The SMILES string of the molecule is N#CCCC(Cc1ccc(-c2ccccc2)cc1)C(F)(F)F. The van der Waals surface area contributed by atoms with E-state index in [4.69, 9.17) is 5.26 Å². The van der Waals surface area contributed by atoms with Crippen molar-refractivity contribution in [2.75, 3.05) is 0 Å². The van der Waals surface area contributed by atoms with E-state index in [2.05, 4.69) is 0 Å². The molecule has 114 valence electrons. The topological polar surface area (TPSA) is 23.8 Å². The molecule has 2 aromatic carbocycles. The highest BCUT2D eigenvalue weighted by atomic mass is 19.4. The van der Waals surface area contributed by atoms with Gasteiger partial charge in [-0.3, -0.25) is 0 Å². The minimum absolute atomic E-state index is 0.0771. The predicted octanol–water partition coefficient (Wildman–Crippen LogP) is 5.38. The van der Waals surface area contributed by atoms with Crippen LogP contribution in [0, 0.1) is 17.2 Å². The molecule has 0 fully saturated rings. The van der Waals surface area contributed by atoms with Gasteiger partial charge in [0.15, 0.2) is 0 Å². The van der Waals surface area contributed by atoms with Gasteiger partial charge in [0, 0.05) is 6.42 Å². The van der Waals surface area contributed by atoms with Gasteiger partial charge >= 0.3 is 6.18 Å². The van der Waals surface area contributed by atoms with E-state index >= 15 is 0 Å². The van der Waals surface area contributed by atoms with Crippen LogP contribution in [0.5, 0.6) is 0 Å². The molecule has 0 heterocycles. The van der Waals surface area contributed by atoms with Crippen molar-refractivity contribution in [2.45, 2.75) is 25.4 Å². The van der Waals surface area contributed by atoms with Gasteiger partial charge in [0.05, 0.1) is 12.0 Å². The summed E-state index contributed by atoms with van der Waals surface area (Å²) in [5, 5.41) is 8.49. The molecule has 0 saturated heterocycles. The zero-order chi connectivity index (χ0) is 16.0. The summed E-state index contributed by atoms with van der Waals surface area (Å²) in [5.41, 5.74) is 2.65. The molecule has 0 amide bonds. The van der Waals surface area contributed by atoms with Crippen LogP contribution in [0.4, 0.5) is 13.2 Å². The van der Waals surface area contributed by atoms with Crippen LogP contribution >= 0.6 is 0 Å². The molecule has 2 aromatic rings. The molecular formula is C18H16F3N. The van der Waals surface area contributed by atoms with E-state index < -0.39 is 12.1 Å². The Morgan fingerprint density at radius 1 is 0.909 bits per heavy atom. The average Bonchev–Trinajstić information content (AvgIpc) is 2.52. The number of alkyl halides is 3. The van der Waals surface area contributed by atoms with Crippen molar-refractivity contribution in [3.8, 4) is 17.2 Å². The van der Waals surface area contributed by atoms with Gasteiger partial charge in [-0.05, 0) is 29.5 Å². The maximum absolute atomic E-state index is 13.0. The van der Waals surface area contributed by atoms with Crippen molar-refractivity contribution in [3.05, 3.63) is 60.2 Å². The third-order valence-electron chi connectivity index (χ3n) is 3.61. The monoisotopic (exact) mass is 303 g/mol. The molecule has 0 bridgehead atoms. The molecule has 1 atom stereocenters. The fraction of sp³-hybridized carbons (Fsp3) is 0.278. The van der Waals surface area contributed by atoms with Crippen LogP contribution in [-0.2, 0) is 6.42 Å². The zero-order valence-corrected chi connectivity index (χ0v) is 12.0. The predicted molar refractivity (Wildman–Crippen MR) is 80.0 cm³/mol. The Morgan fingerprint density at radius 3 is 2.05 bits per heavy atom. The van der Waals surface area contributed by atoms with Crippen LogP contribution in [0.1, 0.15) is 18.4 Å². The van der Waals surface area contributed by atoms with Crippen molar-refractivity contribution in [2.24, 2.45) is 5.92 Å². The van der Waals surface area contributed by atoms with Crippen molar-refractivity contribution >= 4 is 0 Å². The Bertz CT molecular complexity index is 624. The number of benzene rings is 2. The molecule has 1 unspecified atom stereocenters. The van der Waals surface area contributed by atoms with Gasteiger partial charge in [-0.15, -0.1) is 0 Å². The summed E-state index contributed by atoms with van der Waals surface area (Å²) in [5.74, 6) is -1.46. The van der Waals surface area contributed by atoms with Crippen molar-refractivity contribution in [1.29, 1.82) is 5.26 Å². The number of nitrogens with zero attached hydrogens (tertiary/aromatic N) is 1. The van der Waals surface area contributed by atoms with Crippen LogP contribution in [0.3, 0.4) is 0 Å². The molecule has 0 aliphatic heterocycles. The molecule has 1 nitrogen and oxygen atoms in total. The number of rotatable bonds is 5. The van der Waals surface area contributed by atoms with Gasteiger partial charge in [0.25, 0.3) is 0 Å². The second-order valence-electron chi connectivity index (χ2n) is 5.20. The number of hydrogen-bond acceptors (Lipinski definition) is 1. The van der Waals surface area contributed by atoms with Crippen molar-refractivity contribution in [3.63, 3.8) is 0 Å².